The second-order valence-electron chi connectivity index (χ2n) is 3.90. The van der Waals surface area contributed by atoms with Crippen LogP contribution in [0.2, 0.25) is 0 Å². The number of thioether (sulfide) groups is 1. The molecule has 2 aromatic rings. The third kappa shape index (κ3) is 2.08. The average molecular weight is 239 g/mol. The Morgan fingerprint density at radius 2 is 1.35 bits per heavy atom. The first kappa shape index (κ1) is 10.5. The Labute approximate surface area is 106 Å². The zero-order valence-corrected chi connectivity index (χ0v) is 10.2. The Bertz CT molecular complexity index is 482. The molecule has 17 heavy (non-hydrogen) atoms. The molecule has 1 heterocycles. The lowest BCUT2D eigenvalue weighted by atomic mass is 10.1. The van der Waals surface area contributed by atoms with Crippen LogP contribution in [-0.2, 0) is 0 Å². The molecule has 0 fully saturated rings. The van der Waals surface area contributed by atoms with Gasteiger partial charge in [0.25, 0.3) is 0 Å². The van der Waals surface area contributed by atoms with Gasteiger partial charge < -0.3 is 5.32 Å². The van der Waals surface area contributed by atoms with Crippen molar-refractivity contribution in [2.45, 2.75) is 0 Å². The first-order valence-electron chi connectivity index (χ1n) is 5.67. The number of rotatable bonds is 2. The normalized spacial score (nSPS) is 14.8. The second kappa shape index (κ2) is 4.68. The van der Waals surface area contributed by atoms with Crippen LogP contribution in [0.1, 0.15) is 11.1 Å². The van der Waals surface area contributed by atoms with Gasteiger partial charge in [-0.3, -0.25) is 0 Å². The SMILES string of the molecule is c1ccc(C2=C(c3ccccc3)SCN2)cc1. The summed E-state index contributed by atoms with van der Waals surface area (Å²) < 4.78 is 0. The predicted octanol–water partition coefficient (Wildman–Crippen LogP) is 3.81. The molecule has 0 spiro atoms. The maximum atomic E-state index is 3.46. The van der Waals surface area contributed by atoms with Crippen LogP contribution in [0.25, 0.3) is 10.6 Å². The highest BCUT2D eigenvalue weighted by Crippen LogP contribution is 2.38. The molecule has 2 heteroatoms. The van der Waals surface area contributed by atoms with Gasteiger partial charge in [-0.2, -0.15) is 0 Å². The van der Waals surface area contributed by atoms with Gasteiger partial charge in [0, 0.05) is 4.91 Å². The molecule has 84 valence electrons. The van der Waals surface area contributed by atoms with Gasteiger partial charge in [-0.15, -0.1) is 11.8 Å². The van der Waals surface area contributed by atoms with E-state index in [9.17, 15) is 0 Å². The summed E-state index contributed by atoms with van der Waals surface area (Å²) in [7, 11) is 0. The summed E-state index contributed by atoms with van der Waals surface area (Å²) in [5.74, 6) is 0.953. The van der Waals surface area contributed by atoms with Gasteiger partial charge in [-0.1, -0.05) is 60.7 Å². The molecule has 1 aliphatic rings. The fourth-order valence-corrected chi connectivity index (χ4v) is 2.99. The van der Waals surface area contributed by atoms with E-state index in [2.05, 4.69) is 59.9 Å². The van der Waals surface area contributed by atoms with E-state index in [1.807, 2.05) is 17.8 Å². The van der Waals surface area contributed by atoms with E-state index in [-0.39, 0.29) is 0 Å². The van der Waals surface area contributed by atoms with Crippen molar-refractivity contribution in [3.05, 3.63) is 71.8 Å². The lowest BCUT2D eigenvalue weighted by molar-refractivity contribution is 1.11. The molecule has 0 radical (unpaired) electrons. The monoisotopic (exact) mass is 239 g/mol. The topological polar surface area (TPSA) is 12.0 Å². The molecule has 3 rings (SSSR count). The molecule has 1 nitrogen and oxygen atoms in total. The van der Waals surface area contributed by atoms with Crippen molar-refractivity contribution >= 4 is 22.4 Å². The standard InChI is InChI=1S/C15H13NS/c1-3-7-12(8-4-1)14-15(17-11-16-14)13-9-5-2-6-10-13/h1-10,16H,11H2. The molecule has 0 aromatic heterocycles. The molecular formula is C15H13NS. The molecule has 1 N–H and O–H groups in total. The summed E-state index contributed by atoms with van der Waals surface area (Å²) in [6, 6.07) is 21.1. The lowest BCUT2D eigenvalue weighted by Gasteiger charge is -2.06. The van der Waals surface area contributed by atoms with Crippen LogP contribution in [0.5, 0.6) is 0 Å². The van der Waals surface area contributed by atoms with Crippen LogP contribution in [0.3, 0.4) is 0 Å². The molecular weight excluding hydrogens is 226 g/mol. The van der Waals surface area contributed by atoms with Gasteiger partial charge in [0.2, 0.25) is 0 Å². The Kier molecular flexibility index (Phi) is 2.88. The third-order valence-corrected chi connectivity index (χ3v) is 3.81. The van der Waals surface area contributed by atoms with Gasteiger partial charge in [-0.25, -0.2) is 0 Å². The maximum Gasteiger partial charge on any atom is 0.0658 e. The quantitative estimate of drug-likeness (QED) is 0.855. The molecule has 0 atom stereocenters. The highest BCUT2D eigenvalue weighted by atomic mass is 32.2. The highest BCUT2D eigenvalue weighted by Gasteiger charge is 2.17. The van der Waals surface area contributed by atoms with E-state index in [0.29, 0.717) is 0 Å². The number of benzene rings is 2. The molecule has 0 saturated carbocycles. The van der Waals surface area contributed by atoms with E-state index in [4.69, 9.17) is 0 Å². The van der Waals surface area contributed by atoms with Gasteiger partial charge in [0.05, 0.1) is 11.6 Å². The molecule has 0 bridgehead atoms. The number of hydrogen-bond acceptors (Lipinski definition) is 2. The van der Waals surface area contributed by atoms with Gasteiger partial charge >= 0.3 is 0 Å². The van der Waals surface area contributed by atoms with Crippen LogP contribution in [0, 0.1) is 0 Å². The zero-order chi connectivity index (χ0) is 11.5. The molecule has 0 aliphatic carbocycles. The first-order valence-corrected chi connectivity index (χ1v) is 6.65. The van der Waals surface area contributed by atoms with Crippen molar-refractivity contribution < 1.29 is 0 Å². The Morgan fingerprint density at radius 1 is 0.765 bits per heavy atom. The minimum Gasteiger partial charge on any atom is -0.374 e. The highest BCUT2D eigenvalue weighted by molar-refractivity contribution is 8.08. The van der Waals surface area contributed by atoms with Crippen molar-refractivity contribution in [2.24, 2.45) is 0 Å². The van der Waals surface area contributed by atoms with E-state index >= 15 is 0 Å². The largest absolute Gasteiger partial charge is 0.374 e. The predicted molar refractivity (Wildman–Crippen MR) is 75.3 cm³/mol. The van der Waals surface area contributed by atoms with Crippen molar-refractivity contribution in [3.8, 4) is 0 Å². The smallest absolute Gasteiger partial charge is 0.0658 e. The molecule has 1 aliphatic heterocycles. The fraction of sp³-hybridized carbons (Fsp3) is 0.0667. The molecule has 0 saturated heterocycles. The van der Waals surface area contributed by atoms with Crippen molar-refractivity contribution in [3.63, 3.8) is 0 Å². The van der Waals surface area contributed by atoms with Gasteiger partial charge in [-0.05, 0) is 11.1 Å². The van der Waals surface area contributed by atoms with Crippen LogP contribution in [0.15, 0.2) is 60.7 Å². The van der Waals surface area contributed by atoms with Crippen molar-refractivity contribution in [2.75, 3.05) is 5.88 Å². The summed E-state index contributed by atoms with van der Waals surface area (Å²) in [5.41, 5.74) is 3.81. The lowest BCUT2D eigenvalue weighted by Crippen LogP contribution is -2.05. The molecule has 0 amide bonds. The fourth-order valence-electron chi connectivity index (χ4n) is 1.99. The minimum absolute atomic E-state index is 0.953. The van der Waals surface area contributed by atoms with Gasteiger partial charge in [0.15, 0.2) is 0 Å². The maximum absolute atomic E-state index is 3.46. The van der Waals surface area contributed by atoms with Gasteiger partial charge in [0.1, 0.15) is 0 Å². The van der Waals surface area contributed by atoms with Crippen molar-refractivity contribution in [1.82, 2.24) is 5.32 Å². The number of hydrogen-bond donors (Lipinski definition) is 1. The van der Waals surface area contributed by atoms with Crippen molar-refractivity contribution in [1.29, 1.82) is 0 Å². The van der Waals surface area contributed by atoms with E-state index in [1.165, 1.54) is 21.7 Å². The summed E-state index contributed by atoms with van der Waals surface area (Å²) in [5, 5.41) is 3.46. The Balaban J connectivity index is 2.08. The summed E-state index contributed by atoms with van der Waals surface area (Å²) in [4.78, 5) is 1.34. The summed E-state index contributed by atoms with van der Waals surface area (Å²) >= 11 is 1.87. The first-order chi connectivity index (χ1) is 8.45. The average Bonchev–Trinajstić information content (AvgIpc) is 2.90. The third-order valence-electron chi connectivity index (χ3n) is 2.79. The Morgan fingerprint density at radius 3 is 2.00 bits per heavy atom. The Hall–Kier alpha value is -1.67. The van der Waals surface area contributed by atoms with E-state index < -0.39 is 0 Å². The zero-order valence-electron chi connectivity index (χ0n) is 9.39. The van der Waals surface area contributed by atoms with Crippen LogP contribution >= 0.6 is 11.8 Å². The second-order valence-corrected chi connectivity index (χ2v) is 4.89. The molecule has 2 aromatic carbocycles. The number of nitrogens with one attached hydrogen (secondary N) is 1. The van der Waals surface area contributed by atoms with E-state index in [1.54, 1.807) is 0 Å². The summed E-state index contributed by atoms with van der Waals surface area (Å²) in [6.45, 7) is 0. The minimum atomic E-state index is 0.953. The van der Waals surface area contributed by atoms with Crippen LogP contribution < -0.4 is 5.32 Å². The summed E-state index contributed by atoms with van der Waals surface area (Å²) in [6.07, 6.45) is 0. The van der Waals surface area contributed by atoms with Crippen LogP contribution in [-0.4, -0.2) is 5.88 Å². The van der Waals surface area contributed by atoms with E-state index in [0.717, 1.165) is 5.88 Å². The molecule has 0 unspecified atom stereocenters. The van der Waals surface area contributed by atoms with Crippen LogP contribution in [0.4, 0.5) is 0 Å².